The van der Waals surface area contributed by atoms with Crippen molar-refractivity contribution in [1.29, 1.82) is 5.26 Å². The van der Waals surface area contributed by atoms with Crippen LogP contribution in [0, 0.1) is 11.3 Å². The van der Waals surface area contributed by atoms with E-state index in [0.717, 1.165) is 5.56 Å². The van der Waals surface area contributed by atoms with Crippen LogP contribution < -0.4 is 10.6 Å². The van der Waals surface area contributed by atoms with Crippen molar-refractivity contribution in [1.82, 2.24) is 10.3 Å². The summed E-state index contributed by atoms with van der Waals surface area (Å²) in [6.07, 6.45) is 0. The third-order valence-electron chi connectivity index (χ3n) is 2.84. The molecule has 0 saturated heterocycles. The minimum absolute atomic E-state index is 0.131. The molecule has 0 radical (unpaired) electrons. The fraction of sp³-hybridized carbons (Fsp3) is 0.133. The normalized spacial score (nSPS) is 9.76. The van der Waals surface area contributed by atoms with Crippen LogP contribution in [0.15, 0.2) is 36.4 Å². The topological polar surface area (TPSA) is 77.8 Å². The number of aromatic nitrogens is 1. The Morgan fingerprint density at radius 2 is 2.19 bits per heavy atom. The van der Waals surface area contributed by atoms with Crippen LogP contribution in [0.3, 0.4) is 0 Å². The van der Waals surface area contributed by atoms with Gasteiger partial charge in [-0.1, -0.05) is 23.7 Å². The minimum Gasteiger partial charge on any atom is -0.366 e. The number of anilines is 1. The third kappa shape index (κ3) is 3.71. The summed E-state index contributed by atoms with van der Waals surface area (Å²) in [6.45, 7) is 0.490. The van der Waals surface area contributed by atoms with Crippen molar-refractivity contribution in [3.63, 3.8) is 0 Å². The van der Waals surface area contributed by atoms with E-state index >= 15 is 0 Å². The second-order valence-corrected chi connectivity index (χ2v) is 4.68. The third-order valence-corrected chi connectivity index (χ3v) is 3.15. The molecule has 1 heterocycles. The molecule has 106 valence electrons. The van der Waals surface area contributed by atoms with E-state index in [1.54, 1.807) is 31.3 Å². The minimum atomic E-state index is -0.131. The second-order valence-electron chi connectivity index (χ2n) is 4.27. The first-order chi connectivity index (χ1) is 10.1. The molecule has 5 nitrogen and oxygen atoms in total. The van der Waals surface area contributed by atoms with E-state index < -0.39 is 0 Å². The van der Waals surface area contributed by atoms with Gasteiger partial charge in [0, 0.05) is 19.2 Å². The first-order valence-corrected chi connectivity index (χ1v) is 6.63. The number of nitrogens with one attached hydrogen (secondary N) is 2. The van der Waals surface area contributed by atoms with Gasteiger partial charge in [-0.15, -0.1) is 0 Å². The Morgan fingerprint density at radius 1 is 1.38 bits per heavy atom. The van der Waals surface area contributed by atoms with Gasteiger partial charge in [0.2, 0.25) is 0 Å². The maximum Gasteiger partial charge on any atom is 0.251 e. The van der Waals surface area contributed by atoms with Crippen LogP contribution in [0.25, 0.3) is 0 Å². The van der Waals surface area contributed by atoms with E-state index in [-0.39, 0.29) is 11.6 Å². The average molecular weight is 301 g/mol. The molecule has 1 aromatic carbocycles. The lowest BCUT2D eigenvalue weighted by Crippen LogP contribution is -2.18. The Kier molecular flexibility index (Phi) is 4.75. The Bertz CT molecular complexity index is 709. The van der Waals surface area contributed by atoms with Crippen molar-refractivity contribution >= 4 is 23.3 Å². The van der Waals surface area contributed by atoms with Gasteiger partial charge in [0.1, 0.15) is 11.9 Å². The highest BCUT2D eigenvalue weighted by Gasteiger charge is 2.05. The van der Waals surface area contributed by atoms with Gasteiger partial charge in [0.15, 0.2) is 5.69 Å². The molecule has 0 bridgehead atoms. The molecular formula is C15H13ClN4O. The number of benzene rings is 1. The summed E-state index contributed by atoms with van der Waals surface area (Å²) in [5, 5.41) is 14.9. The number of pyridine rings is 1. The molecule has 0 spiro atoms. The number of nitriles is 1. The van der Waals surface area contributed by atoms with Crippen molar-refractivity contribution < 1.29 is 4.79 Å². The van der Waals surface area contributed by atoms with E-state index in [2.05, 4.69) is 15.6 Å². The zero-order valence-corrected chi connectivity index (χ0v) is 12.1. The summed E-state index contributed by atoms with van der Waals surface area (Å²) in [7, 11) is 1.59. The highest BCUT2D eigenvalue weighted by molar-refractivity contribution is 6.31. The van der Waals surface area contributed by atoms with Gasteiger partial charge in [0.05, 0.1) is 5.02 Å². The fourth-order valence-electron chi connectivity index (χ4n) is 1.78. The lowest BCUT2D eigenvalue weighted by Gasteiger charge is -2.08. The summed E-state index contributed by atoms with van der Waals surface area (Å²) in [5.41, 5.74) is 1.71. The predicted molar refractivity (Wildman–Crippen MR) is 81.1 cm³/mol. The Hall–Kier alpha value is -2.58. The van der Waals surface area contributed by atoms with Crippen LogP contribution >= 0.6 is 11.6 Å². The first-order valence-electron chi connectivity index (χ1n) is 6.25. The zero-order valence-electron chi connectivity index (χ0n) is 11.4. The highest BCUT2D eigenvalue weighted by atomic mass is 35.5. The van der Waals surface area contributed by atoms with E-state index in [9.17, 15) is 4.79 Å². The zero-order chi connectivity index (χ0) is 15.2. The molecule has 2 N–H and O–H groups in total. The van der Waals surface area contributed by atoms with Crippen molar-refractivity contribution in [3.8, 4) is 6.07 Å². The molecule has 1 amide bonds. The lowest BCUT2D eigenvalue weighted by molar-refractivity contribution is 0.0963. The molecule has 21 heavy (non-hydrogen) atoms. The predicted octanol–water partition coefficient (Wildman–Crippen LogP) is 2.58. The summed E-state index contributed by atoms with van der Waals surface area (Å²) < 4.78 is 0. The smallest absolute Gasteiger partial charge is 0.251 e. The van der Waals surface area contributed by atoms with Crippen LogP contribution in [-0.4, -0.2) is 17.9 Å². The molecule has 6 heteroatoms. The van der Waals surface area contributed by atoms with Gasteiger partial charge in [-0.2, -0.15) is 5.26 Å². The lowest BCUT2D eigenvalue weighted by atomic mass is 10.1. The van der Waals surface area contributed by atoms with Gasteiger partial charge >= 0.3 is 0 Å². The Balaban J connectivity index is 2.10. The summed E-state index contributed by atoms with van der Waals surface area (Å²) in [4.78, 5) is 15.7. The number of carbonyl (C=O) groups is 1. The second kappa shape index (κ2) is 6.73. The Morgan fingerprint density at radius 3 is 2.90 bits per heavy atom. The fourth-order valence-corrected chi connectivity index (χ4v) is 1.93. The highest BCUT2D eigenvalue weighted by Crippen LogP contribution is 2.16. The van der Waals surface area contributed by atoms with Gasteiger partial charge in [0.25, 0.3) is 5.91 Å². The molecule has 0 unspecified atom stereocenters. The van der Waals surface area contributed by atoms with Gasteiger partial charge in [-0.05, 0) is 29.8 Å². The summed E-state index contributed by atoms with van der Waals surface area (Å²) in [5.74, 6) is 0.425. The molecule has 0 aliphatic carbocycles. The first kappa shape index (κ1) is 14.8. The average Bonchev–Trinajstić information content (AvgIpc) is 2.53. The molecule has 0 aliphatic heterocycles. The van der Waals surface area contributed by atoms with Gasteiger partial charge < -0.3 is 10.6 Å². The van der Waals surface area contributed by atoms with Crippen molar-refractivity contribution in [3.05, 3.63) is 58.2 Å². The standard InChI is InChI=1S/C15H13ClN4O/c1-18-15(21)11-4-2-3-10(7-11)9-19-14-6-5-12(16)13(8-17)20-14/h2-7H,9H2,1H3,(H,18,21)(H,19,20). The quantitative estimate of drug-likeness (QED) is 0.909. The monoisotopic (exact) mass is 300 g/mol. The molecule has 0 saturated carbocycles. The maximum atomic E-state index is 11.6. The van der Waals surface area contributed by atoms with Crippen molar-refractivity contribution in [2.75, 3.05) is 12.4 Å². The van der Waals surface area contributed by atoms with Crippen LogP contribution in [0.4, 0.5) is 5.82 Å². The largest absolute Gasteiger partial charge is 0.366 e. The Labute approximate surface area is 127 Å². The van der Waals surface area contributed by atoms with Gasteiger partial charge in [-0.25, -0.2) is 4.98 Å². The van der Waals surface area contributed by atoms with E-state index in [1.165, 1.54) is 0 Å². The molecule has 2 aromatic rings. The molecular weight excluding hydrogens is 288 g/mol. The molecule has 0 atom stereocenters. The number of amides is 1. The molecule has 0 aliphatic rings. The van der Waals surface area contributed by atoms with E-state index in [0.29, 0.717) is 22.9 Å². The number of rotatable bonds is 4. The number of halogens is 1. The van der Waals surface area contributed by atoms with Crippen LogP contribution in [0.2, 0.25) is 5.02 Å². The SMILES string of the molecule is CNC(=O)c1cccc(CNc2ccc(Cl)c(C#N)n2)c1. The van der Waals surface area contributed by atoms with Crippen molar-refractivity contribution in [2.45, 2.75) is 6.54 Å². The number of nitrogens with zero attached hydrogens (tertiary/aromatic N) is 2. The van der Waals surface area contributed by atoms with Gasteiger partial charge in [-0.3, -0.25) is 4.79 Å². The molecule has 0 fully saturated rings. The summed E-state index contributed by atoms with van der Waals surface area (Å²) in [6, 6.07) is 12.5. The number of carbonyl (C=O) groups excluding carboxylic acids is 1. The maximum absolute atomic E-state index is 11.6. The van der Waals surface area contributed by atoms with Crippen LogP contribution in [0.1, 0.15) is 21.6 Å². The number of hydrogen-bond acceptors (Lipinski definition) is 4. The van der Waals surface area contributed by atoms with Crippen LogP contribution in [-0.2, 0) is 6.54 Å². The number of hydrogen-bond donors (Lipinski definition) is 2. The van der Waals surface area contributed by atoms with E-state index in [1.807, 2.05) is 18.2 Å². The van der Waals surface area contributed by atoms with E-state index in [4.69, 9.17) is 16.9 Å². The van der Waals surface area contributed by atoms with Crippen LogP contribution in [0.5, 0.6) is 0 Å². The van der Waals surface area contributed by atoms with Crippen molar-refractivity contribution in [2.24, 2.45) is 0 Å². The molecule has 2 rings (SSSR count). The molecule has 1 aromatic heterocycles. The summed E-state index contributed by atoms with van der Waals surface area (Å²) >= 11 is 5.83.